The molecule has 0 aliphatic rings. The molecule has 0 fully saturated rings. The highest BCUT2D eigenvalue weighted by atomic mass is 16.3. The molecule has 0 spiro atoms. The molecular weight excluding hydrogens is 188 g/mol. The van der Waals surface area contributed by atoms with Gasteiger partial charge in [0.05, 0.1) is 5.56 Å². The third-order valence-corrected chi connectivity index (χ3v) is 2.40. The molecule has 1 aromatic carbocycles. The average molecular weight is 204 g/mol. The van der Waals surface area contributed by atoms with Gasteiger partial charge in [-0.05, 0) is 49.9 Å². The van der Waals surface area contributed by atoms with Crippen LogP contribution in [0.5, 0.6) is 5.75 Å². The van der Waals surface area contributed by atoms with Crippen LogP contribution in [-0.4, -0.2) is 11.7 Å². The van der Waals surface area contributed by atoms with Crippen molar-refractivity contribution >= 4 is 0 Å². The molecular formula is C12H16N2O. The van der Waals surface area contributed by atoms with Gasteiger partial charge in [0.25, 0.3) is 0 Å². The molecule has 0 radical (unpaired) electrons. The number of phenols is 1. The number of hydrogen-bond donors (Lipinski definition) is 2. The second-order valence-corrected chi connectivity index (χ2v) is 3.67. The van der Waals surface area contributed by atoms with E-state index < -0.39 is 0 Å². The molecule has 0 aromatic heterocycles. The number of nitrogens with two attached hydrogens (primary N) is 1. The molecule has 15 heavy (non-hydrogen) atoms. The van der Waals surface area contributed by atoms with Crippen molar-refractivity contribution in [2.24, 2.45) is 5.73 Å². The fourth-order valence-corrected chi connectivity index (χ4v) is 1.56. The SMILES string of the molecule is Cc1cc(CCCCN)cc(C#N)c1O. The number of aryl methyl sites for hydroxylation is 2. The standard InChI is InChI=1S/C12H16N2O/c1-9-6-10(4-2-3-5-13)7-11(8-14)12(9)15/h6-7,15H,2-5,13H2,1H3. The molecule has 80 valence electrons. The Bertz CT molecular complexity index is 380. The maximum atomic E-state index is 9.55. The number of nitrogens with zero attached hydrogens (tertiary/aromatic N) is 1. The summed E-state index contributed by atoms with van der Waals surface area (Å²) in [6.07, 6.45) is 2.92. The number of hydrogen-bond acceptors (Lipinski definition) is 3. The van der Waals surface area contributed by atoms with Crippen LogP contribution in [0.25, 0.3) is 0 Å². The van der Waals surface area contributed by atoms with Crippen molar-refractivity contribution in [2.75, 3.05) is 6.54 Å². The van der Waals surface area contributed by atoms with E-state index in [0.717, 1.165) is 30.4 Å². The third-order valence-electron chi connectivity index (χ3n) is 2.40. The molecule has 0 saturated heterocycles. The summed E-state index contributed by atoms with van der Waals surface area (Å²) >= 11 is 0. The first-order chi connectivity index (χ1) is 7.19. The van der Waals surface area contributed by atoms with Gasteiger partial charge in [-0.2, -0.15) is 5.26 Å². The summed E-state index contributed by atoms with van der Waals surface area (Å²) in [6.45, 7) is 2.50. The maximum absolute atomic E-state index is 9.55. The van der Waals surface area contributed by atoms with Gasteiger partial charge in [0.2, 0.25) is 0 Å². The highest BCUT2D eigenvalue weighted by Gasteiger charge is 2.05. The normalized spacial score (nSPS) is 9.93. The maximum Gasteiger partial charge on any atom is 0.136 e. The first kappa shape index (κ1) is 11.5. The number of rotatable bonds is 4. The van der Waals surface area contributed by atoms with Gasteiger partial charge in [-0.25, -0.2) is 0 Å². The Kier molecular flexibility index (Phi) is 4.14. The second kappa shape index (κ2) is 5.38. The lowest BCUT2D eigenvalue weighted by Crippen LogP contribution is -1.99. The van der Waals surface area contributed by atoms with Crippen LogP contribution < -0.4 is 5.73 Å². The van der Waals surface area contributed by atoms with E-state index in [1.807, 2.05) is 19.1 Å². The quantitative estimate of drug-likeness (QED) is 0.735. The smallest absolute Gasteiger partial charge is 0.136 e. The Morgan fingerprint density at radius 1 is 1.40 bits per heavy atom. The first-order valence-corrected chi connectivity index (χ1v) is 5.11. The van der Waals surface area contributed by atoms with Crippen molar-refractivity contribution in [3.05, 3.63) is 28.8 Å². The summed E-state index contributed by atoms with van der Waals surface area (Å²) in [4.78, 5) is 0. The highest BCUT2D eigenvalue weighted by molar-refractivity contribution is 5.49. The molecule has 0 heterocycles. The lowest BCUT2D eigenvalue weighted by Gasteiger charge is -2.06. The number of nitriles is 1. The summed E-state index contributed by atoms with van der Waals surface area (Å²) < 4.78 is 0. The van der Waals surface area contributed by atoms with Crippen LogP contribution in [0, 0.1) is 18.3 Å². The lowest BCUT2D eigenvalue weighted by molar-refractivity contribution is 0.469. The molecule has 0 bridgehead atoms. The van der Waals surface area contributed by atoms with Crippen LogP contribution in [0.15, 0.2) is 12.1 Å². The van der Waals surface area contributed by atoms with Gasteiger partial charge in [0.15, 0.2) is 0 Å². The van der Waals surface area contributed by atoms with Gasteiger partial charge in [-0.15, -0.1) is 0 Å². The van der Waals surface area contributed by atoms with Gasteiger partial charge < -0.3 is 10.8 Å². The molecule has 0 amide bonds. The predicted molar refractivity (Wildman–Crippen MR) is 59.6 cm³/mol. The van der Waals surface area contributed by atoms with Gasteiger partial charge >= 0.3 is 0 Å². The minimum atomic E-state index is 0.0973. The molecule has 0 unspecified atom stereocenters. The molecule has 1 aromatic rings. The van der Waals surface area contributed by atoms with E-state index in [1.165, 1.54) is 0 Å². The fourth-order valence-electron chi connectivity index (χ4n) is 1.56. The van der Waals surface area contributed by atoms with Crippen molar-refractivity contribution in [1.29, 1.82) is 5.26 Å². The average Bonchev–Trinajstić information content (AvgIpc) is 2.23. The Hall–Kier alpha value is -1.53. The van der Waals surface area contributed by atoms with Gasteiger partial charge in [-0.1, -0.05) is 6.07 Å². The number of benzene rings is 1. The van der Waals surface area contributed by atoms with Gasteiger partial charge in [0.1, 0.15) is 11.8 Å². The summed E-state index contributed by atoms with van der Waals surface area (Å²) in [5.41, 5.74) is 7.62. The first-order valence-electron chi connectivity index (χ1n) is 5.11. The fraction of sp³-hybridized carbons (Fsp3) is 0.417. The summed E-state index contributed by atoms with van der Waals surface area (Å²) in [5, 5.41) is 18.4. The zero-order valence-electron chi connectivity index (χ0n) is 8.95. The monoisotopic (exact) mass is 204 g/mol. The molecule has 3 heteroatoms. The Morgan fingerprint density at radius 3 is 2.73 bits per heavy atom. The van der Waals surface area contributed by atoms with E-state index in [0.29, 0.717) is 12.1 Å². The van der Waals surface area contributed by atoms with Crippen molar-refractivity contribution in [3.8, 4) is 11.8 Å². The van der Waals surface area contributed by atoms with Crippen LogP contribution in [0.4, 0.5) is 0 Å². The molecule has 0 aliphatic carbocycles. The van der Waals surface area contributed by atoms with Gasteiger partial charge in [0, 0.05) is 0 Å². The summed E-state index contributed by atoms with van der Waals surface area (Å²) in [7, 11) is 0. The predicted octanol–water partition coefficient (Wildman–Crippen LogP) is 1.85. The van der Waals surface area contributed by atoms with E-state index in [1.54, 1.807) is 6.07 Å². The van der Waals surface area contributed by atoms with Crippen LogP contribution in [-0.2, 0) is 6.42 Å². The zero-order chi connectivity index (χ0) is 11.3. The molecule has 1 rings (SSSR count). The largest absolute Gasteiger partial charge is 0.506 e. The van der Waals surface area contributed by atoms with E-state index in [4.69, 9.17) is 11.0 Å². The van der Waals surface area contributed by atoms with Crippen LogP contribution in [0.3, 0.4) is 0 Å². The molecule has 0 aliphatic heterocycles. The van der Waals surface area contributed by atoms with Crippen LogP contribution in [0.1, 0.15) is 29.5 Å². The molecule has 3 N–H and O–H groups in total. The van der Waals surface area contributed by atoms with Crippen LogP contribution in [0.2, 0.25) is 0 Å². The third kappa shape index (κ3) is 2.97. The summed E-state index contributed by atoms with van der Waals surface area (Å²) in [5.74, 6) is 0.0973. The topological polar surface area (TPSA) is 70.0 Å². The minimum absolute atomic E-state index is 0.0973. The van der Waals surface area contributed by atoms with Gasteiger partial charge in [-0.3, -0.25) is 0 Å². The molecule has 0 saturated carbocycles. The second-order valence-electron chi connectivity index (χ2n) is 3.67. The minimum Gasteiger partial charge on any atom is -0.506 e. The van der Waals surface area contributed by atoms with Crippen molar-refractivity contribution in [3.63, 3.8) is 0 Å². The summed E-state index contributed by atoms with van der Waals surface area (Å²) in [6, 6.07) is 5.66. The van der Waals surface area contributed by atoms with Crippen molar-refractivity contribution in [1.82, 2.24) is 0 Å². The molecule has 3 nitrogen and oxygen atoms in total. The van der Waals surface area contributed by atoms with Crippen molar-refractivity contribution < 1.29 is 5.11 Å². The Morgan fingerprint density at radius 2 is 2.13 bits per heavy atom. The van der Waals surface area contributed by atoms with Crippen molar-refractivity contribution in [2.45, 2.75) is 26.2 Å². The zero-order valence-corrected chi connectivity index (χ0v) is 8.95. The Balaban J connectivity index is 2.83. The number of unbranched alkanes of at least 4 members (excludes halogenated alkanes) is 1. The molecule has 0 atom stereocenters. The Labute approximate surface area is 90.1 Å². The van der Waals surface area contributed by atoms with E-state index in [2.05, 4.69) is 0 Å². The highest BCUT2D eigenvalue weighted by Crippen LogP contribution is 2.23. The number of phenolic OH excluding ortho intramolecular Hbond substituents is 1. The van der Waals surface area contributed by atoms with E-state index in [-0.39, 0.29) is 5.75 Å². The van der Waals surface area contributed by atoms with Crippen LogP contribution >= 0.6 is 0 Å². The van der Waals surface area contributed by atoms with E-state index >= 15 is 0 Å². The lowest BCUT2D eigenvalue weighted by atomic mass is 10.0. The van der Waals surface area contributed by atoms with E-state index in [9.17, 15) is 5.11 Å². The number of aromatic hydroxyl groups is 1.